The third-order valence-corrected chi connectivity index (χ3v) is 3.77. The Bertz CT molecular complexity index is 947. The Morgan fingerprint density at radius 3 is 3.16 bits per heavy atom. The van der Waals surface area contributed by atoms with Crippen molar-refractivity contribution in [1.29, 1.82) is 0 Å². The van der Waals surface area contributed by atoms with Gasteiger partial charge in [0.05, 0.1) is 16.8 Å². The quantitative estimate of drug-likeness (QED) is 0.387. The lowest BCUT2D eigenvalue weighted by molar-refractivity contribution is -0.670. The number of hydrogen-bond acceptors (Lipinski definition) is 2. The molecular weight excluding hydrogens is 238 g/mol. The third kappa shape index (κ3) is 1.03. The number of aromatic nitrogens is 5. The number of pyridine rings is 1. The standard InChI is InChI=1S/C14H10N5/c1-2-11-12(16-4-1)7-17-8-13-18(14(11)17)6-10-3-5-15-9-19(10)13/h1-6,8-9H,7H2/q+1. The van der Waals surface area contributed by atoms with Crippen molar-refractivity contribution in [3.8, 4) is 11.4 Å². The van der Waals surface area contributed by atoms with Crippen molar-refractivity contribution in [2.45, 2.75) is 6.54 Å². The average Bonchev–Trinajstić information content (AvgIpc) is 3.05. The van der Waals surface area contributed by atoms with E-state index in [1.807, 2.05) is 30.9 Å². The summed E-state index contributed by atoms with van der Waals surface area (Å²) in [4.78, 5) is 8.64. The van der Waals surface area contributed by atoms with Gasteiger partial charge in [-0.2, -0.15) is 4.40 Å². The second-order valence-electron chi connectivity index (χ2n) is 4.81. The van der Waals surface area contributed by atoms with Crippen LogP contribution >= 0.6 is 0 Å². The minimum atomic E-state index is 0.843. The molecule has 5 heterocycles. The van der Waals surface area contributed by atoms with Crippen LogP contribution in [0.2, 0.25) is 0 Å². The normalized spacial score (nSPS) is 13.1. The number of hydrogen-bond donors (Lipinski definition) is 0. The van der Waals surface area contributed by atoms with E-state index in [2.05, 4.69) is 41.8 Å². The van der Waals surface area contributed by atoms with E-state index in [1.54, 1.807) is 0 Å². The first-order chi connectivity index (χ1) is 9.42. The van der Waals surface area contributed by atoms with Crippen molar-refractivity contribution in [1.82, 2.24) is 18.8 Å². The first-order valence-corrected chi connectivity index (χ1v) is 6.22. The van der Waals surface area contributed by atoms with Crippen molar-refractivity contribution >= 4 is 11.2 Å². The maximum atomic E-state index is 4.45. The van der Waals surface area contributed by atoms with Gasteiger partial charge in [-0.15, -0.1) is 0 Å². The van der Waals surface area contributed by atoms with Crippen LogP contribution in [0.25, 0.3) is 22.6 Å². The number of nitrogens with zero attached hydrogens (tertiary/aromatic N) is 5. The molecule has 0 amide bonds. The van der Waals surface area contributed by atoms with Gasteiger partial charge < -0.3 is 0 Å². The summed E-state index contributed by atoms with van der Waals surface area (Å²) in [6, 6.07) is 6.14. The molecule has 4 aromatic rings. The van der Waals surface area contributed by atoms with Crippen molar-refractivity contribution in [3.05, 3.63) is 55.0 Å². The Morgan fingerprint density at radius 2 is 2.16 bits per heavy atom. The number of rotatable bonds is 0. The molecule has 0 bridgehead atoms. The van der Waals surface area contributed by atoms with Gasteiger partial charge in [-0.1, -0.05) is 0 Å². The van der Waals surface area contributed by atoms with E-state index < -0.39 is 0 Å². The zero-order chi connectivity index (χ0) is 12.4. The molecule has 0 aromatic carbocycles. The Kier molecular flexibility index (Phi) is 1.46. The van der Waals surface area contributed by atoms with Gasteiger partial charge in [0.1, 0.15) is 19.1 Å². The molecule has 5 nitrogen and oxygen atoms in total. The van der Waals surface area contributed by atoms with Gasteiger partial charge in [-0.05, 0) is 18.2 Å². The summed E-state index contributed by atoms with van der Waals surface area (Å²) < 4.78 is 6.55. The molecule has 0 fully saturated rings. The van der Waals surface area contributed by atoms with Crippen LogP contribution in [0.5, 0.6) is 0 Å². The maximum Gasteiger partial charge on any atom is 0.297 e. The molecule has 0 atom stereocenters. The molecule has 90 valence electrons. The fraction of sp³-hybridized carbons (Fsp3) is 0.0714. The highest BCUT2D eigenvalue weighted by Gasteiger charge is 2.31. The van der Waals surface area contributed by atoms with E-state index in [0.29, 0.717) is 0 Å². The van der Waals surface area contributed by atoms with E-state index in [4.69, 9.17) is 0 Å². The van der Waals surface area contributed by atoms with E-state index in [1.165, 1.54) is 11.4 Å². The predicted octanol–water partition coefficient (Wildman–Crippen LogP) is 1.30. The highest BCUT2D eigenvalue weighted by atomic mass is 15.2. The van der Waals surface area contributed by atoms with E-state index in [9.17, 15) is 0 Å². The van der Waals surface area contributed by atoms with E-state index in [-0.39, 0.29) is 0 Å². The van der Waals surface area contributed by atoms with Crippen LogP contribution in [0.1, 0.15) is 5.69 Å². The summed E-state index contributed by atoms with van der Waals surface area (Å²) in [5.41, 5.74) is 4.63. The van der Waals surface area contributed by atoms with Gasteiger partial charge >= 0.3 is 0 Å². The van der Waals surface area contributed by atoms with Gasteiger partial charge in [-0.25, -0.2) is 9.55 Å². The zero-order valence-corrected chi connectivity index (χ0v) is 10.1. The largest absolute Gasteiger partial charge is 0.297 e. The summed E-state index contributed by atoms with van der Waals surface area (Å²) in [7, 11) is 0. The van der Waals surface area contributed by atoms with Crippen molar-refractivity contribution in [2.24, 2.45) is 0 Å². The summed E-state index contributed by atoms with van der Waals surface area (Å²) in [5, 5.41) is 0. The van der Waals surface area contributed by atoms with E-state index >= 15 is 0 Å². The summed E-state index contributed by atoms with van der Waals surface area (Å²) in [6.45, 7) is 0.843. The monoisotopic (exact) mass is 248 g/mol. The van der Waals surface area contributed by atoms with Gasteiger partial charge in [0.25, 0.3) is 11.5 Å². The molecule has 0 N–H and O–H groups in total. The van der Waals surface area contributed by atoms with Crippen LogP contribution in [0, 0.1) is 0 Å². The lowest BCUT2D eigenvalue weighted by atomic mass is 10.2. The fourth-order valence-electron chi connectivity index (χ4n) is 2.95. The van der Waals surface area contributed by atoms with Crippen molar-refractivity contribution in [3.63, 3.8) is 0 Å². The third-order valence-electron chi connectivity index (χ3n) is 3.77. The van der Waals surface area contributed by atoms with Crippen molar-refractivity contribution in [2.75, 3.05) is 0 Å². The van der Waals surface area contributed by atoms with Gasteiger partial charge in [0, 0.05) is 12.4 Å². The second kappa shape index (κ2) is 3.00. The Morgan fingerprint density at radius 1 is 1.16 bits per heavy atom. The lowest BCUT2D eigenvalue weighted by Gasteiger charge is -1.91. The molecule has 0 saturated carbocycles. The highest BCUT2D eigenvalue weighted by molar-refractivity contribution is 5.65. The number of imidazole rings is 2. The molecule has 5 rings (SSSR count). The van der Waals surface area contributed by atoms with Crippen LogP contribution in [0.4, 0.5) is 0 Å². The minimum Gasteiger partial charge on any atom is -0.260 e. The van der Waals surface area contributed by atoms with Crippen LogP contribution in [0.3, 0.4) is 0 Å². The second-order valence-corrected chi connectivity index (χ2v) is 4.81. The molecule has 0 unspecified atom stereocenters. The van der Waals surface area contributed by atoms with Crippen LogP contribution < -0.4 is 4.57 Å². The molecule has 0 aliphatic carbocycles. The van der Waals surface area contributed by atoms with Crippen LogP contribution in [-0.4, -0.2) is 18.8 Å². The molecule has 0 saturated heterocycles. The Labute approximate surface area is 108 Å². The summed E-state index contributed by atoms with van der Waals surface area (Å²) >= 11 is 0. The van der Waals surface area contributed by atoms with Gasteiger partial charge in [-0.3, -0.25) is 9.38 Å². The molecule has 19 heavy (non-hydrogen) atoms. The molecule has 4 aromatic heterocycles. The van der Waals surface area contributed by atoms with Crippen LogP contribution in [0.15, 0.2) is 49.3 Å². The maximum absolute atomic E-state index is 4.45. The summed E-state index contributed by atoms with van der Waals surface area (Å²) in [5.74, 6) is 1.20. The Hall–Kier alpha value is -2.69. The zero-order valence-electron chi connectivity index (χ0n) is 10.1. The van der Waals surface area contributed by atoms with Crippen LogP contribution in [-0.2, 0) is 6.54 Å². The molecular formula is C14H10N5+. The SMILES string of the molecule is c1cnc2c(c1)-c1n3cc4ccncn4c3c[n+]1C2. The average molecular weight is 248 g/mol. The number of fused-ring (bicyclic) bond motifs is 7. The first kappa shape index (κ1) is 9.27. The lowest BCUT2D eigenvalue weighted by Crippen LogP contribution is -2.29. The molecule has 5 heteroatoms. The van der Waals surface area contributed by atoms with E-state index in [0.717, 1.165) is 23.4 Å². The molecule has 0 radical (unpaired) electrons. The summed E-state index contributed by atoms with van der Waals surface area (Å²) in [6.07, 6.45) is 9.83. The highest BCUT2D eigenvalue weighted by Crippen LogP contribution is 2.27. The fourth-order valence-corrected chi connectivity index (χ4v) is 2.95. The topological polar surface area (TPSA) is 38.5 Å². The smallest absolute Gasteiger partial charge is 0.260 e. The predicted molar refractivity (Wildman–Crippen MR) is 68.7 cm³/mol. The first-order valence-electron chi connectivity index (χ1n) is 6.22. The Balaban J connectivity index is 1.97. The minimum absolute atomic E-state index is 0.843. The van der Waals surface area contributed by atoms with Crippen molar-refractivity contribution < 1.29 is 4.57 Å². The van der Waals surface area contributed by atoms with Gasteiger partial charge in [0.15, 0.2) is 6.20 Å². The molecule has 1 aliphatic heterocycles. The molecule has 1 aliphatic rings. The van der Waals surface area contributed by atoms with Gasteiger partial charge in [0.2, 0.25) is 0 Å². The molecule has 0 spiro atoms.